The molecule has 1 saturated heterocycles. The van der Waals surface area contributed by atoms with Gasteiger partial charge >= 0.3 is 11.9 Å². The van der Waals surface area contributed by atoms with Crippen LogP contribution in [0, 0.1) is 0 Å². The lowest BCUT2D eigenvalue weighted by atomic mass is 10.1. The van der Waals surface area contributed by atoms with Crippen molar-refractivity contribution in [3.8, 4) is 5.69 Å². The van der Waals surface area contributed by atoms with Crippen LogP contribution in [0.5, 0.6) is 0 Å². The van der Waals surface area contributed by atoms with Crippen molar-refractivity contribution >= 4 is 34.0 Å². The molecule has 148 valence electrons. The summed E-state index contributed by atoms with van der Waals surface area (Å²) in [7, 11) is 0. The number of hydrogen-bond donors (Lipinski definition) is 3. The summed E-state index contributed by atoms with van der Waals surface area (Å²) in [6.07, 6.45) is -3.28. The van der Waals surface area contributed by atoms with Crippen LogP contribution >= 0.6 is 11.6 Å². The van der Waals surface area contributed by atoms with E-state index in [0.717, 1.165) is 10.6 Å². The minimum absolute atomic E-state index is 0.0113. The fourth-order valence-corrected chi connectivity index (χ4v) is 3.56. The lowest BCUT2D eigenvalue weighted by Gasteiger charge is -2.31. The Kier molecular flexibility index (Phi) is 4.47. The smallest absolute Gasteiger partial charge is 0.394 e. The fourth-order valence-electron chi connectivity index (χ4n) is 3.42. The standard InChI is InChI=1S/C17H16ClF3N6O/c18-15-13(22)14-11(8-24-15)25-16(28)27(14)9-1-2-12(10(7-9)17(19,20)21)26-5-3-23-4-6-26/h1-2,7-8,23H,3-6,22H2,(H,25,28). The number of rotatable bonds is 2. The summed E-state index contributed by atoms with van der Waals surface area (Å²) in [5.74, 6) is 0. The molecular weight excluding hydrogens is 397 g/mol. The molecule has 3 heterocycles. The molecule has 0 saturated carbocycles. The van der Waals surface area contributed by atoms with Gasteiger partial charge in [-0.2, -0.15) is 13.2 Å². The van der Waals surface area contributed by atoms with Gasteiger partial charge in [-0.05, 0) is 18.2 Å². The van der Waals surface area contributed by atoms with E-state index in [1.54, 1.807) is 4.90 Å². The number of alkyl halides is 3. The predicted molar refractivity (Wildman–Crippen MR) is 101 cm³/mol. The van der Waals surface area contributed by atoms with E-state index >= 15 is 0 Å². The molecule has 11 heteroatoms. The zero-order chi connectivity index (χ0) is 20.1. The van der Waals surface area contributed by atoms with E-state index in [9.17, 15) is 18.0 Å². The Balaban J connectivity index is 1.93. The van der Waals surface area contributed by atoms with Gasteiger partial charge in [0.05, 0.1) is 28.7 Å². The summed E-state index contributed by atoms with van der Waals surface area (Å²) in [6.45, 7) is 2.12. The molecule has 3 aromatic rings. The largest absolute Gasteiger partial charge is 0.418 e. The topological polar surface area (TPSA) is 92.0 Å². The third-order valence-corrected chi connectivity index (χ3v) is 5.01. The number of nitrogens with two attached hydrogens (primary N) is 1. The van der Waals surface area contributed by atoms with Crippen molar-refractivity contribution < 1.29 is 13.2 Å². The highest BCUT2D eigenvalue weighted by molar-refractivity contribution is 6.33. The van der Waals surface area contributed by atoms with Crippen LogP contribution in [-0.4, -0.2) is 40.7 Å². The summed E-state index contributed by atoms with van der Waals surface area (Å²) >= 11 is 5.93. The number of halogens is 4. The number of aromatic nitrogens is 3. The fraction of sp³-hybridized carbons (Fsp3) is 0.294. The molecule has 0 amide bonds. The van der Waals surface area contributed by atoms with Crippen LogP contribution in [0.2, 0.25) is 5.15 Å². The van der Waals surface area contributed by atoms with Crippen molar-refractivity contribution in [3.63, 3.8) is 0 Å². The maximum atomic E-state index is 13.8. The van der Waals surface area contributed by atoms with E-state index in [1.807, 2.05) is 0 Å². The Hall–Kier alpha value is -2.72. The summed E-state index contributed by atoms with van der Waals surface area (Å²) in [6, 6.07) is 3.81. The van der Waals surface area contributed by atoms with Gasteiger partial charge in [0.15, 0.2) is 5.15 Å². The predicted octanol–water partition coefficient (Wildman–Crippen LogP) is 2.38. The molecule has 1 aromatic carbocycles. The van der Waals surface area contributed by atoms with Crippen LogP contribution in [-0.2, 0) is 6.18 Å². The number of hydrogen-bond acceptors (Lipinski definition) is 5. The third-order valence-electron chi connectivity index (χ3n) is 4.71. The zero-order valence-electron chi connectivity index (χ0n) is 14.5. The van der Waals surface area contributed by atoms with Crippen LogP contribution in [0.3, 0.4) is 0 Å². The molecule has 4 N–H and O–H groups in total. The van der Waals surface area contributed by atoms with Crippen molar-refractivity contribution in [1.82, 2.24) is 19.9 Å². The molecule has 0 atom stereocenters. The molecule has 0 bridgehead atoms. The Bertz CT molecular complexity index is 1100. The molecule has 1 aliphatic heterocycles. The van der Waals surface area contributed by atoms with Crippen molar-refractivity contribution in [2.45, 2.75) is 6.18 Å². The van der Waals surface area contributed by atoms with Gasteiger partial charge in [0.2, 0.25) is 0 Å². The second kappa shape index (κ2) is 6.71. The van der Waals surface area contributed by atoms with Gasteiger partial charge in [0.25, 0.3) is 0 Å². The number of pyridine rings is 1. The van der Waals surface area contributed by atoms with Crippen LogP contribution < -0.4 is 21.6 Å². The second-order valence-corrected chi connectivity index (χ2v) is 6.78. The first-order chi connectivity index (χ1) is 13.3. The van der Waals surface area contributed by atoms with Gasteiger partial charge in [-0.15, -0.1) is 0 Å². The number of anilines is 2. The molecule has 4 rings (SSSR count). The summed E-state index contributed by atoms with van der Waals surface area (Å²) < 4.78 is 42.4. The monoisotopic (exact) mass is 412 g/mol. The third kappa shape index (κ3) is 3.08. The van der Waals surface area contributed by atoms with E-state index in [-0.39, 0.29) is 33.2 Å². The molecule has 0 radical (unpaired) electrons. The molecular formula is C17H16ClF3N6O. The number of nitrogens with one attached hydrogen (secondary N) is 2. The molecule has 0 aliphatic carbocycles. The second-order valence-electron chi connectivity index (χ2n) is 6.43. The van der Waals surface area contributed by atoms with Gasteiger partial charge in [-0.3, -0.25) is 4.57 Å². The average molecular weight is 413 g/mol. The lowest BCUT2D eigenvalue weighted by Crippen LogP contribution is -2.44. The SMILES string of the molecule is Nc1c(Cl)ncc2[nH]c(=O)n(-c3ccc(N4CCNCC4)c(C(F)(F)F)c3)c12. The van der Waals surface area contributed by atoms with Crippen LogP contribution in [0.1, 0.15) is 5.56 Å². The zero-order valence-corrected chi connectivity index (χ0v) is 15.2. The van der Waals surface area contributed by atoms with Gasteiger partial charge in [-0.25, -0.2) is 9.78 Å². The number of fused-ring (bicyclic) bond motifs is 1. The number of benzene rings is 1. The van der Waals surface area contributed by atoms with Crippen LogP contribution in [0.4, 0.5) is 24.5 Å². The first-order valence-electron chi connectivity index (χ1n) is 8.49. The number of imidazole rings is 1. The molecule has 7 nitrogen and oxygen atoms in total. The Morgan fingerprint density at radius 3 is 2.61 bits per heavy atom. The minimum Gasteiger partial charge on any atom is -0.394 e. The number of nitrogens with zero attached hydrogens (tertiary/aromatic N) is 3. The number of piperazine rings is 1. The first kappa shape index (κ1) is 18.6. The van der Waals surface area contributed by atoms with Crippen LogP contribution in [0.25, 0.3) is 16.7 Å². The van der Waals surface area contributed by atoms with E-state index in [0.29, 0.717) is 26.2 Å². The summed E-state index contributed by atoms with van der Waals surface area (Å²) in [5.41, 5.74) is 5.09. The maximum absolute atomic E-state index is 13.8. The summed E-state index contributed by atoms with van der Waals surface area (Å²) in [5, 5.41) is 3.08. The highest BCUT2D eigenvalue weighted by Gasteiger charge is 2.36. The van der Waals surface area contributed by atoms with Crippen LogP contribution in [0.15, 0.2) is 29.2 Å². The van der Waals surface area contributed by atoms with Crippen molar-refractivity contribution in [2.75, 3.05) is 36.8 Å². The summed E-state index contributed by atoms with van der Waals surface area (Å²) in [4.78, 5) is 20.5. The van der Waals surface area contributed by atoms with Crippen molar-refractivity contribution in [3.05, 3.63) is 45.6 Å². The normalized spacial score (nSPS) is 15.4. The molecule has 1 aliphatic rings. The molecule has 1 fully saturated rings. The Morgan fingerprint density at radius 2 is 1.93 bits per heavy atom. The van der Waals surface area contributed by atoms with E-state index in [2.05, 4.69) is 15.3 Å². The molecule has 2 aromatic heterocycles. The van der Waals surface area contributed by atoms with E-state index < -0.39 is 17.4 Å². The van der Waals surface area contributed by atoms with E-state index in [4.69, 9.17) is 17.3 Å². The van der Waals surface area contributed by atoms with Gasteiger partial charge in [0.1, 0.15) is 5.52 Å². The number of H-pyrrole nitrogens is 1. The lowest BCUT2D eigenvalue weighted by molar-refractivity contribution is -0.137. The quantitative estimate of drug-likeness (QED) is 0.562. The molecule has 0 unspecified atom stereocenters. The maximum Gasteiger partial charge on any atom is 0.418 e. The Morgan fingerprint density at radius 1 is 1.21 bits per heavy atom. The highest BCUT2D eigenvalue weighted by Crippen LogP contribution is 2.38. The number of nitrogen functional groups attached to an aromatic ring is 1. The van der Waals surface area contributed by atoms with Gasteiger partial charge in [-0.1, -0.05) is 11.6 Å². The van der Waals surface area contributed by atoms with Crippen molar-refractivity contribution in [1.29, 1.82) is 0 Å². The number of aromatic amines is 1. The first-order valence-corrected chi connectivity index (χ1v) is 8.87. The minimum atomic E-state index is -4.59. The molecule has 28 heavy (non-hydrogen) atoms. The average Bonchev–Trinajstić information content (AvgIpc) is 3.01. The highest BCUT2D eigenvalue weighted by atomic mass is 35.5. The van der Waals surface area contributed by atoms with Crippen molar-refractivity contribution in [2.24, 2.45) is 0 Å². The van der Waals surface area contributed by atoms with E-state index in [1.165, 1.54) is 18.3 Å². The van der Waals surface area contributed by atoms with Gasteiger partial charge < -0.3 is 20.9 Å². The van der Waals surface area contributed by atoms with Gasteiger partial charge in [0, 0.05) is 31.9 Å². The Labute approximate surface area is 161 Å². The molecule has 0 spiro atoms.